The van der Waals surface area contributed by atoms with Gasteiger partial charge in [0.15, 0.2) is 5.76 Å². The molecule has 0 spiro atoms. The Balaban J connectivity index is 2.30. The van der Waals surface area contributed by atoms with E-state index in [0.717, 1.165) is 10.1 Å². The molecule has 3 aromatic rings. The fourth-order valence-corrected chi connectivity index (χ4v) is 3.59. The fraction of sp³-hybridized carbons (Fsp3) is 0.318. The van der Waals surface area contributed by atoms with Crippen LogP contribution in [0.4, 0.5) is 0 Å². The molecule has 2 aromatic heterocycles. The summed E-state index contributed by atoms with van der Waals surface area (Å²) < 4.78 is 6.87. The highest BCUT2D eigenvalue weighted by Gasteiger charge is 2.29. The van der Waals surface area contributed by atoms with E-state index in [2.05, 4.69) is 0 Å². The number of nitriles is 1. The second kappa shape index (κ2) is 7.41. The van der Waals surface area contributed by atoms with Crippen molar-refractivity contribution in [3.05, 3.63) is 61.1 Å². The number of carbonyl (C=O) groups is 1. The summed E-state index contributed by atoms with van der Waals surface area (Å²) in [5.41, 5.74) is 1.13. The van der Waals surface area contributed by atoms with E-state index in [0.29, 0.717) is 21.6 Å². The summed E-state index contributed by atoms with van der Waals surface area (Å²) in [5.74, 6) is -0.983. The molecule has 1 N–H and O–H groups in total. The quantitative estimate of drug-likeness (QED) is 0.630. The van der Waals surface area contributed by atoms with Gasteiger partial charge in [-0.3, -0.25) is 14.2 Å². The number of carbonyl (C=O) groups excluding carboxylic acids is 1. The molecule has 1 aromatic carbocycles. The predicted molar refractivity (Wildman–Crippen MR) is 111 cm³/mol. The molecule has 0 fully saturated rings. The molecule has 0 bridgehead atoms. The van der Waals surface area contributed by atoms with Crippen LogP contribution in [0.3, 0.4) is 0 Å². The summed E-state index contributed by atoms with van der Waals surface area (Å²) in [6.07, 6.45) is 0. The monoisotopic (exact) mass is 412 g/mol. The maximum absolute atomic E-state index is 13.4. The van der Waals surface area contributed by atoms with E-state index >= 15 is 0 Å². The molecule has 7 heteroatoms. The van der Waals surface area contributed by atoms with Crippen molar-refractivity contribution >= 4 is 28.4 Å². The first kappa shape index (κ1) is 20.7. The molecule has 2 heterocycles. The average molecular weight is 413 g/mol. The minimum absolute atomic E-state index is 0.0221. The van der Waals surface area contributed by atoms with Crippen LogP contribution in [0.25, 0.3) is 11.0 Å². The standard InChI is InChI=1S/C22H21ClN2O4/c1-10(2)9-25-21(27)15(8-24)12(4)18(22(25)28)19(26)20-13(5)14-7-16(23)11(3)6-17(14)29-20/h6-7,10,28H,9H2,1-5H3. The van der Waals surface area contributed by atoms with Gasteiger partial charge >= 0.3 is 0 Å². The Morgan fingerprint density at radius 2 is 1.93 bits per heavy atom. The third-order valence-electron chi connectivity index (χ3n) is 5.00. The minimum atomic E-state index is -0.614. The van der Waals surface area contributed by atoms with Crippen LogP contribution < -0.4 is 5.56 Å². The van der Waals surface area contributed by atoms with Crippen LogP contribution in [0, 0.1) is 38.0 Å². The van der Waals surface area contributed by atoms with Crippen LogP contribution in [0.2, 0.25) is 5.02 Å². The highest BCUT2D eigenvalue weighted by atomic mass is 35.5. The highest BCUT2D eigenvalue weighted by Crippen LogP contribution is 2.33. The van der Waals surface area contributed by atoms with Crippen LogP contribution in [-0.4, -0.2) is 15.5 Å². The number of halogens is 1. The number of aromatic nitrogens is 1. The lowest BCUT2D eigenvalue weighted by Gasteiger charge is -2.16. The number of pyridine rings is 1. The van der Waals surface area contributed by atoms with Crippen molar-refractivity contribution in [1.29, 1.82) is 5.26 Å². The zero-order valence-electron chi connectivity index (χ0n) is 16.9. The van der Waals surface area contributed by atoms with E-state index in [1.807, 2.05) is 26.8 Å². The summed E-state index contributed by atoms with van der Waals surface area (Å²) >= 11 is 6.20. The summed E-state index contributed by atoms with van der Waals surface area (Å²) in [6.45, 7) is 8.95. The van der Waals surface area contributed by atoms with Crippen molar-refractivity contribution in [1.82, 2.24) is 4.57 Å². The Morgan fingerprint density at radius 1 is 1.28 bits per heavy atom. The number of benzene rings is 1. The normalized spacial score (nSPS) is 11.2. The SMILES string of the molecule is Cc1cc2oc(C(=O)c3c(C)c(C#N)c(=O)n(CC(C)C)c3O)c(C)c2cc1Cl. The number of aromatic hydroxyl groups is 1. The molecular weight excluding hydrogens is 392 g/mol. The summed E-state index contributed by atoms with van der Waals surface area (Å²) in [5, 5.41) is 21.5. The van der Waals surface area contributed by atoms with Crippen LogP contribution in [0.1, 0.15) is 52.2 Å². The third kappa shape index (κ3) is 3.32. The Morgan fingerprint density at radius 3 is 2.52 bits per heavy atom. The van der Waals surface area contributed by atoms with Gasteiger partial charge < -0.3 is 9.52 Å². The molecule has 150 valence electrons. The molecule has 0 aliphatic rings. The third-order valence-corrected chi connectivity index (χ3v) is 5.41. The fourth-order valence-electron chi connectivity index (χ4n) is 3.43. The number of ketones is 1. The molecular formula is C22H21ClN2O4. The molecule has 0 aliphatic heterocycles. The van der Waals surface area contributed by atoms with Crippen molar-refractivity contribution in [2.45, 2.75) is 41.2 Å². The Hall–Kier alpha value is -3.04. The summed E-state index contributed by atoms with van der Waals surface area (Å²) in [7, 11) is 0. The number of hydrogen-bond donors (Lipinski definition) is 1. The van der Waals surface area contributed by atoms with Crippen LogP contribution in [-0.2, 0) is 6.54 Å². The lowest BCUT2D eigenvalue weighted by atomic mass is 9.98. The number of aryl methyl sites for hydroxylation is 2. The Kier molecular flexibility index (Phi) is 5.29. The number of nitrogens with zero attached hydrogens (tertiary/aromatic N) is 2. The second-order valence-corrected chi connectivity index (χ2v) is 8.01. The molecule has 0 saturated heterocycles. The van der Waals surface area contributed by atoms with E-state index in [1.54, 1.807) is 19.1 Å². The average Bonchev–Trinajstić information content (AvgIpc) is 2.95. The van der Waals surface area contributed by atoms with Gasteiger partial charge in [-0.2, -0.15) is 5.26 Å². The van der Waals surface area contributed by atoms with E-state index < -0.39 is 17.2 Å². The predicted octanol–water partition coefficient (Wildman–Crippen LogP) is 4.64. The lowest BCUT2D eigenvalue weighted by Crippen LogP contribution is -2.28. The Labute approximate surface area is 172 Å². The highest BCUT2D eigenvalue weighted by molar-refractivity contribution is 6.32. The molecule has 3 rings (SSSR count). The zero-order valence-corrected chi connectivity index (χ0v) is 17.6. The van der Waals surface area contributed by atoms with Crippen LogP contribution in [0.15, 0.2) is 21.3 Å². The topological polar surface area (TPSA) is 96.2 Å². The largest absolute Gasteiger partial charge is 0.494 e. The summed E-state index contributed by atoms with van der Waals surface area (Å²) in [6, 6.07) is 5.34. The first-order valence-electron chi connectivity index (χ1n) is 9.18. The van der Waals surface area contributed by atoms with Gasteiger partial charge in [0.05, 0.1) is 5.56 Å². The van der Waals surface area contributed by atoms with Gasteiger partial charge in [0.1, 0.15) is 17.2 Å². The molecule has 0 atom stereocenters. The smallest absolute Gasteiger partial charge is 0.271 e. The maximum Gasteiger partial charge on any atom is 0.271 e. The first-order chi connectivity index (χ1) is 13.6. The van der Waals surface area contributed by atoms with E-state index in [9.17, 15) is 20.0 Å². The van der Waals surface area contributed by atoms with Gasteiger partial charge in [-0.1, -0.05) is 25.4 Å². The number of furan rings is 1. The van der Waals surface area contributed by atoms with Crippen molar-refractivity contribution in [2.75, 3.05) is 0 Å². The van der Waals surface area contributed by atoms with Crippen LogP contribution >= 0.6 is 11.6 Å². The molecule has 29 heavy (non-hydrogen) atoms. The molecule has 0 amide bonds. The van der Waals surface area contributed by atoms with E-state index in [1.165, 1.54) is 6.92 Å². The van der Waals surface area contributed by atoms with Gasteiger partial charge in [0.25, 0.3) is 5.56 Å². The number of hydrogen-bond acceptors (Lipinski definition) is 5. The first-order valence-corrected chi connectivity index (χ1v) is 9.56. The Bertz CT molecular complexity index is 1260. The summed E-state index contributed by atoms with van der Waals surface area (Å²) in [4.78, 5) is 26.0. The van der Waals surface area contributed by atoms with Crippen molar-refractivity contribution in [3.63, 3.8) is 0 Å². The maximum atomic E-state index is 13.4. The molecule has 0 saturated carbocycles. The lowest BCUT2D eigenvalue weighted by molar-refractivity contribution is 0.100. The van der Waals surface area contributed by atoms with Crippen molar-refractivity contribution in [3.8, 4) is 11.9 Å². The molecule has 0 radical (unpaired) electrons. The zero-order chi connectivity index (χ0) is 21.6. The molecule has 6 nitrogen and oxygen atoms in total. The van der Waals surface area contributed by atoms with Gasteiger partial charge in [-0.05, 0) is 49.9 Å². The van der Waals surface area contributed by atoms with E-state index in [4.69, 9.17) is 16.0 Å². The van der Waals surface area contributed by atoms with Crippen molar-refractivity contribution in [2.24, 2.45) is 5.92 Å². The van der Waals surface area contributed by atoms with Gasteiger partial charge in [0, 0.05) is 22.5 Å². The van der Waals surface area contributed by atoms with Gasteiger partial charge in [-0.15, -0.1) is 0 Å². The van der Waals surface area contributed by atoms with Crippen molar-refractivity contribution < 1.29 is 14.3 Å². The molecule has 0 unspecified atom stereocenters. The van der Waals surface area contributed by atoms with Gasteiger partial charge in [-0.25, -0.2) is 0 Å². The van der Waals surface area contributed by atoms with Crippen LogP contribution in [0.5, 0.6) is 5.88 Å². The minimum Gasteiger partial charge on any atom is -0.494 e. The van der Waals surface area contributed by atoms with Gasteiger partial charge in [0.2, 0.25) is 11.7 Å². The number of rotatable bonds is 4. The van der Waals surface area contributed by atoms with E-state index in [-0.39, 0.29) is 34.9 Å². The molecule has 0 aliphatic carbocycles. The second-order valence-electron chi connectivity index (χ2n) is 7.60. The number of fused-ring (bicyclic) bond motifs is 1.